The van der Waals surface area contributed by atoms with Gasteiger partial charge in [-0.1, -0.05) is 24.3 Å². The van der Waals surface area contributed by atoms with Crippen molar-refractivity contribution in [2.24, 2.45) is 0 Å². The van der Waals surface area contributed by atoms with Gasteiger partial charge in [-0.25, -0.2) is 0 Å². The fourth-order valence-corrected chi connectivity index (χ4v) is 2.10. The molecule has 1 aromatic rings. The first kappa shape index (κ1) is 13.7. The second-order valence-electron chi connectivity index (χ2n) is 3.89. The molecular formula is C12H15NO3S. The number of hydrogen-bond acceptors (Lipinski definition) is 3. The molecule has 1 rings (SSSR count). The molecule has 0 saturated heterocycles. The summed E-state index contributed by atoms with van der Waals surface area (Å²) in [7, 11) is -3.83. The molecule has 1 N–H and O–H groups in total. The Hall–Kier alpha value is -1.38. The van der Waals surface area contributed by atoms with Gasteiger partial charge in [0.2, 0.25) is 0 Å². The highest BCUT2D eigenvalue weighted by molar-refractivity contribution is 7.85. The predicted octanol–water partition coefficient (Wildman–Crippen LogP) is 1.96. The lowest BCUT2D eigenvalue weighted by atomic mass is 10.1. The number of benzene rings is 1. The summed E-state index contributed by atoms with van der Waals surface area (Å²) in [5.74, 6) is -0.181. The molecule has 0 spiro atoms. The van der Waals surface area contributed by atoms with Gasteiger partial charge >= 0.3 is 0 Å². The normalized spacial score (nSPS) is 11.1. The van der Waals surface area contributed by atoms with Crippen LogP contribution in [0.5, 0.6) is 0 Å². The zero-order valence-corrected chi connectivity index (χ0v) is 10.3. The van der Waals surface area contributed by atoms with E-state index in [0.29, 0.717) is 12.8 Å². The van der Waals surface area contributed by atoms with Gasteiger partial charge in [0, 0.05) is 0 Å². The summed E-state index contributed by atoms with van der Waals surface area (Å²) in [4.78, 5) is 0. The second-order valence-corrected chi connectivity index (χ2v) is 5.47. The van der Waals surface area contributed by atoms with Gasteiger partial charge in [0.1, 0.15) is 0 Å². The maximum atomic E-state index is 10.5. The molecule has 0 bridgehead atoms. The Bertz CT molecular complexity index is 485. The summed E-state index contributed by atoms with van der Waals surface area (Å²) in [6.45, 7) is 0. The molecule has 5 heteroatoms. The number of nitrogens with zero attached hydrogens (tertiary/aromatic N) is 1. The average molecular weight is 253 g/mol. The van der Waals surface area contributed by atoms with Crippen LogP contribution in [0.1, 0.15) is 24.0 Å². The number of unbranched alkanes of at least 4 members (excludes halogenated alkanes) is 1. The molecule has 92 valence electrons. The van der Waals surface area contributed by atoms with Gasteiger partial charge in [0.25, 0.3) is 10.1 Å². The molecule has 0 atom stereocenters. The van der Waals surface area contributed by atoms with E-state index in [1.165, 1.54) is 0 Å². The molecule has 1 aromatic carbocycles. The first-order chi connectivity index (χ1) is 8.01. The molecular weight excluding hydrogens is 238 g/mol. The fraction of sp³-hybridized carbons (Fsp3) is 0.417. The van der Waals surface area contributed by atoms with Crippen LogP contribution in [-0.4, -0.2) is 18.7 Å². The Kier molecular flexibility index (Phi) is 5.13. The number of aryl methyl sites for hydroxylation is 1. The topological polar surface area (TPSA) is 78.2 Å². The fourth-order valence-electron chi connectivity index (χ4n) is 1.53. The SMILES string of the molecule is N#CCc1ccc(CCCCS(=O)(=O)O)cc1. The smallest absolute Gasteiger partial charge is 0.264 e. The highest BCUT2D eigenvalue weighted by atomic mass is 32.2. The number of nitriles is 1. The van der Waals surface area contributed by atoms with E-state index in [1.807, 2.05) is 24.3 Å². The number of hydrogen-bond donors (Lipinski definition) is 1. The maximum absolute atomic E-state index is 10.5. The van der Waals surface area contributed by atoms with Crippen molar-refractivity contribution in [2.75, 3.05) is 5.75 Å². The third-order valence-electron chi connectivity index (χ3n) is 2.42. The van der Waals surface area contributed by atoms with E-state index in [0.717, 1.165) is 24.0 Å². The molecule has 0 saturated carbocycles. The van der Waals surface area contributed by atoms with E-state index >= 15 is 0 Å². The van der Waals surface area contributed by atoms with Crippen molar-refractivity contribution in [3.63, 3.8) is 0 Å². The van der Waals surface area contributed by atoms with Crippen LogP contribution in [0.3, 0.4) is 0 Å². The largest absolute Gasteiger partial charge is 0.286 e. The van der Waals surface area contributed by atoms with Crippen LogP contribution in [0.15, 0.2) is 24.3 Å². The van der Waals surface area contributed by atoms with E-state index < -0.39 is 10.1 Å². The van der Waals surface area contributed by atoms with E-state index in [9.17, 15) is 8.42 Å². The zero-order chi connectivity index (χ0) is 12.7. The molecule has 0 amide bonds. The minimum Gasteiger partial charge on any atom is -0.286 e. The van der Waals surface area contributed by atoms with Gasteiger partial charge in [0.15, 0.2) is 0 Å². The molecule has 0 unspecified atom stereocenters. The molecule has 17 heavy (non-hydrogen) atoms. The lowest BCUT2D eigenvalue weighted by molar-refractivity contribution is 0.480. The maximum Gasteiger partial charge on any atom is 0.264 e. The molecule has 0 radical (unpaired) electrons. The lowest BCUT2D eigenvalue weighted by Gasteiger charge is -2.02. The van der Waals surface area contributed by atoms with Crippen LogP contribution in [0, 0.1) is 11.3 Å². The molecule has 0 aliphatic heterocycles. The van der Waals surface area contributed by atoms with Crippen molar-refractivity contribution in [2.45, 2.75) is 25.7 Å². The van der Waals surface area contributed by atoms with Crippen LogP contribution in [0.4, 0.5) is 0 Å². The average Bonchev–Trinajstić information content (AvgIpc) is 2.26. The van der Waals surface area contributed by atoms with E-state index in [2.05, 4.69) is 6.07 Å². The van der Waals surface area contributed by atoms with Crippen molar-refractivity contribution in [1.82, 2.24) is 0 Å². The molecule has 4 nitrogen and oxygen atoms in total. The Morgan fingerprint density at radius 3 is 2.24 bits per heavy atom. The van der Waals surface area contributed by atoms with Crippen molar-refractivity contribution < 1.29 is 13.0 Å². The highest BCUT2D eigenvalue weighted by Crippen LogP contribution is 2.08. The van der Waals surface area contributed by atoms with Crippen molar-refractivity contribution in [3.05, 3.63) is 35.4 Å². The molecule has 0 aliphatic carbocycles. The van der Waals surface area contributed by atoms with Crippen molar-refractivity contribution in [3.8, 4) is 6.07 Å². The Labute approximate surface area is 102 Å². The van der Waals surface area contributed by atoms with Gasteiger partial charge in [0.05, 0.1) is 18.2 Å². The van der Waals surface area contributed by atoms with Gasteiger partial charge in [-0.3, -0.25) is 4.55 Å². The first-order valence-electron chi connectivity index (χ1n) is 5.41. The van der Waals surface area contributed by atoms with Crippen LogP contribution >= 0.6 is 0 Å². The predicted molar refractivity (Wildman–Crippen MR) is 65.1 cm³/mol. The third-order valence-corrected chi connectivity index (χ3v) is 3.23. The Morgan fingerprint density at radius 2 is 1.71 bits per heavy atom. The van der Waals surface area contributed by atoms with Crippen LogP contribution in [0.2, 0.25) is 0 Å². The van der Waals surface area contributed by atoms with Gasteiger partial charge in [-0.2, -0.15) is 13.7 Å². The van der Waals surface area contributed by atoms with Crippen molar-refractivity contribution >= 4 is 10.1 Å². The standard InChI is InChI=1S/C12H15NO3S/c13-9-8-12-6-4-11(5-7-12)3-1-2-10-17(14,15)16/h4-7H,1-3,8,10H2,(H,14,15,16). The lowest BCUT2D eigenvalue weighted by Crippen LogP contribution is -2.03. The first-order valence-corrected chi connectivity index (χ1v) is 7.02. The quantitative estimate of drug-likeness (QED) is 0.621. The summed E-state index contributed by atoms with van der Waals surface area (Å²) < 4.78 is 29.5. The van der Waals surface area contributed by atoms with Gasteiger partial charge < -0.3 is 0 Å². The van der Waals surface area contributed by atoms with Crippen molar-refractivity contribution in [1.29, 1.82) is 5.26 Å². The zero-order valence-electron chi connectivity index (χ0n) is 9.46. The van der Waals surface area contributed by atoms with Crippen LogP contribution in [0.25, 0.3) is 0 Å². The summed E-state index contributed by atoms with van der Waals surface area (Å²) in [5, 5.41) is 8.51. The van der Waals surface area contributed by atoms with Gasteiger partial charge in [-0.05, 0) is 30.4 Å². The van der Waals surface area contributed by atoms with Crippen LogP contribution in [-0.2, 0) is 23.0 Å². The summed E-state index contributed by atoms with van der Waals surface area (Å²) >= 11 is 0. The summed E-state index contributed by atoms with van der Waals surface area (Å²) in [5.41, 5.74) is 2.09. The Morgan fingerprint density at radius 1 is 1.12 bits per heavy atom. The Balaban J connectivity index is 2.35. The minimum absolute atomic E-state index is 0.181. The molecule has 0 aliphatic rings. The molecule has 0 fully saturated rings. The third kappa shape index (κ3) is 6.05. The van der Waals surface area contributed by atoms with E-state index in [4.69, 9.17) is 9.81 Å². The second kappa shape index (κ2) is 6.38. The highest BCUT2D eigenvalue weighted by Gasteiger charge is 2.03. The minimum atomic E-state index is -3.83. The van der Waals surface area contributed by atoms with Gasteiger partial charge in [-0.15, -0.1) is 0 Å². The van der Waals surface area contributed by atoms with Crippen LogP contribution < -0.4 is 0 Å². The monoisotopic (exact) mass is 253 g/mol. The van der Waals surface area contributed by atoms with E-state index in [-0.39, 0.29) is 5.75 Å². The molecule has 0 aromatic heterocycles. The summed E-state index contributed by atoms with van der Waals surface area (Å²) in [6.07, 6.45) is 2.36. The summed E-state index contributed by atoms with van der Waals surface area (Å²) in [6, 6.07) is 9.78. The van der Waals surface area contributed by atoms with E-state index in [1.54, 1.807) is 0 Å². The number of rotatable bonds is 6. The molecule has 0 heterocycles.